The standard InChI is InChI=1S/C19H17F2N3O4S/c1-11-18(24-29(25,26)13-8-9-16(27-3)15(21)10-13)12(2)23-19(22-11)28-17-7-5-4-6-14(17)20/h4-10,24H,1-3H3. The van der Waals surface area contributed by atoms with E-state index in [1.807, 2.05) is 0 Å². The molecule has 2 aromatic carbocycles. The molecule has 0 aliphatic carbocycles. The van der Waals surface area contributed by atoms with Gasteiger partial charge in [0.15, 0.2) is 23.1 Å². The van der Waals surface area contributed by atoms with Crippen LogP contribution in [0.25, 0.3) is 0 Å². The number of aromatic nitrogens is 2. The number of ether oxygens (including phenoxy) is 2. The van der Waals surface area contributed by atoms with E-state index in [4.69, 9.17) is 9.47 Å². The predicted octanol–water partition coefficient (Wildman–Crippen LogP) is 3.97. The van der Waals surface area contributed by atoms with E-state index in [1.165, 1.54) is 51.3 Å². The van der Waals surface area contributed by atoms with Crippen molar-refractivity contribution in [1.82, 2.24) is 9.97 Å². The molecule has 0 atom stereocenters. The molecule has 152 valence electrons. The van der Waals surface area contributed by atoms with Crippen LogP contribution in [-0.2, 0) is 10.0 Å². The van der Waals surface area contributed by atoms with Crippen molar-refractivity contribution in [2.24, 2.45) is 0 Å². The lowest BCUT2D eigenvalue weighted by molar-refractivity contribution is 0.385. The number of benzene rings is 2. The minimum Gasteiger partial charge on any atom is -0.494 e. The number of anilines is 1. The van der Waals surface area contributed by atoms with Gasteiger partial charge in [-0.15, -0.1) is 0 Å². The number of halogens is 2. The molecule has 3 rings (SSSR count). The van der Waals surface area contributed by atoms with E-state index >= 15 is 0 Å². The average molecular weight is 421 g/mol. The maximum atomic E-state index is 13.9. The van der Waals surface area contributed by atoms with Crippen LogP contribution in [0.15, 0.2) is 47.4 Å². The lowest BCUT2D eigenvalue weighted by Crippen LogP contribution is -2.16. The number of nitrogens with one attached hydrogen (secondary N) is 1. The first-order valence-corrected chi connectivity index (χ1v) is 9.83. The van der Waals surface area contributed by atoms with Crippen LogP contribution in [0.4, 0.5) is 14.5 Å². The van der Waals surface area contributed by atoms with E-state index in [2.05, 4.69) is 14.7 Å². The summed E-state index contributed by atoms with van der Waals surface area (Å²) in [6.45, 7) is 3.07. The zero-order valence-corrected chi connectivity index (χ0v) is 16.5. The molecule has 1 heterocycles. The van der Waals surface area contributed by atoms with E-state index in [1.54, 1.807) is 6.07 Å². The van der Waals surface area contributed by atoms with Crippen LogP contribution in [-0.4, -0.2) is 25.5 Å². The normalized spacial score (nSPS) is 11.2. The Morgan fingerprint density at radius 1 is 0.931 bits per heavy atom. The van der Waals surface area contributed by atoms with Crippen molar-refractivity contribution in [3.05, 3.63) is 65.5 Å². The van der Waals surface area contributed by atoms with E-state index in [0.717, 1.165) is 6.07 Å². The second kappa shape index (κ2) is 8.00. The molecule has 0 radical (unpaired) electrons. The SMILES string of the molecule is COc1ccc(S(=O)(=O)Nc2c(C)nc(Oc3ccccc3F)nc2C)cc1F. The van der Waals surface area contributed by atoms with Gasteiger partial charge in [0, 0.05) is 0 Å². The molecule has 0 saturated carbocycles. The number of nitrogens with zero attached hydrogens (tertiary/aromatic N) is 2. The van der Waals surface area contributed by atoms with Crippen LogP contribution in [0.5, 0.6) is 17.5 Å². The topological polar surface area (TPSA) is 90.4 Å². The molecule has 1 aromatic heterocycles. The highest BCUT2D eigenvalue weighted by Gasteiger charge is 2.21. The minimum absolute atomic E-state index is 0.0617. The molecular weight excluding hydrogens is 404 g/mol. The van der Waals surface area contributed by atoms with Crippen LogP contribution < -0.4 is 14.2 Å². The zero-order valence-electron chi connectivity index (χ0n) is 15.7. The smallest absolute Gasteiger partial charge is 0.322 e. The Morgan fingerprint density at radius 2 is 1.59 bits per heavy atom. The molecule has 0 spiro atoms. The fraction of sp³-hybridized carbons (Fsp3) is 0.158. The van der Waals surface area contributed by atoms with Crippen LogP contribution >= 0.6 is 0 Å². The van der Waals surface area contributed by atoms with Crippen LogP contribution in [0.1, 0.15) is 11.4 Å². The number of rotatable bonds is 6. The number of hydrogen-bond acceptors (Lipinski definition) is 6. The zero-order chi connectivity index (χ0) is 21.2. The molecular formula is C19H17F2N3O4S. The molecule has 7 nitrogen and oxygen atoms in total. The third-order valence-electron chi connectivity index (χ3n) is 3.96. The van der Waals surface area contributed by atoms with Crippen LogP contribution in [0.3, 0.4) is 0 Å². The number of para-hydroxylation sites is 1. The maximum Gasteiger partial charge on any atom is 0.322 e. The lowest BCUT2D eigenvalue weighted by atomic mass is 10.3. The Bertz CT molecular complexity index is 1150. The minimum atomic E-state index is -4.11. The van der Waals surface area contributed by atoms with Crippen molar-refractivity contribution in [2.75, 3.05) is 11.8 Å². The number of aryl methyl sites for hydroxylation is 2. The Labute approximate surface area is 166 Å². The highest BCUT2D eigenvalue weighted by molar-refractivity contribution is 7.92. The van der Waals surface area contributed by atoms with Gasteiger partial charge in [-0.1, -0.05) is 12.1 Å². The van der Waals surface area contributed by atoms with E-state index in [9.17, 15) is 17.2 Å². The van der Waals surface area contributed by atoms with Crippen LogP contribution in [0.2, 0.25) is 0 Å². The lowest BCUT2D eigenvalue weighted by Gasteiger charge is -2.14. The Hall–Kier alpha value is -3.27. The van der Waals surface area contributed by atoms with Gasteiger partial charge >= 0.3 is 6.01 Å². The fourth-order valence-corrected chi connectivity index (χ4v) is 3.70. The summed E-state index contributed by atoms with van der Waals surface area (Å²) in [5.74, 6) is -1.53. The van der Waals surface area contributed by atoms with Gasteiger partial charge < -0.3 is 9.47 Å². The molecule has 0 aliphatic heterocycles. The molecule has 1 N–H and O–H groups in total. The van der Waals surface area contributed by atoms with Gasteiger partial charge in [-0.05, 0) is 44.2 Å². The Balaban J connectivity index is 1.89. The first-order chi connectivity index (χ1) is 13.7. The third-order valence-corrected chi connectivity index (χ3v) is 5.31. The highest BCUT2D eigenvalue weighted by atomic mass is 32.2. The molecule has 0 unspecified atom stereocenters. The quantitative estimate of drug-likeness (QED) is 0.648. The van der Waals surface area contributed by atoms with Gasteiger partial charge in [0.05, 0.1) is 29.1 Å². The van der Waals surface area contributed by atoms with Crippen molar-refractivity contribution in [1.29, 1.82) is 0 Å². The summed E-state index contributed by atoms with van der Waals surface area (Å²) in [7, 11) is -2.83. The number of methoxy groups -OCH3 is 1. The second-order valence-electron chi connectivity index (χ2n) is 5.99. The largest absolute Gasteiger partial charge is 0.494 e. The summed E-state index contributed by atoms with van der Waals surface area (Å²) in [5, 5.41) is 0. The summed E-state index contributed by atoms with van der Waals surface area (Å²) in [4.78, 5) is 7.85. The van der Waals surface area contributed by atoms with Crippen molar-refractivity contribution in [3.8, 4) is 17.5 Å². The summed E-state index contributed by atoms with van der Waals surface area (Å²) in [6.07, 6.45) is 0. The molecule has 29 heavy (non-hydrogen) atoms. The van der Waals surface area contributed by atoms with Crippen molar-refractivity contribution in [3.63, 3.8) is 0 Å². The number of hydrogen-bond donors (Lipinski definition) is 1. The van der Waals surface area contributed by atoms with Crippen molar-refractivity contribution < 1.29 is 26.7 Å². The summed E-state index contributed by atoms with van der Waals surface area (Å²) in [6, 6.07) is 8.89. The third kappa shape index (κ3) is 4.43. The van der Waals surface area contributed by atoms with E-state index < -0.39 is 21.7 Å². The highest BCUT2D eigenvalue weighted by Crippen LogP contribution is 2.28. The summed E-state index contributed by atoms with van der Waals surface area (Å²) >= 11 is 0. The molecule has 0 saturated heterocycles. The summed E-state index contributed by atoms with van der Waals surface area (Å²) in [5.41, 5.74) is 0.616. The van der Waals surface area contributed by atoms with Gasteiger partial charge in [-0.3, -0.25) is 4.72 Å². The monoisotopic (exact) mass is 421 g/mol. The fourth-order valence-electron chi connectivity index (χ4n) is 2.51. The van der Waals surface area contributed by atoms with Crippen LogP contribution in [0, 0.1) is 25.5 Å². The average Bonchev–Trinajstić information content (AvgIpc) is 2.66. The molecule has 0 amide bonds. The first-order valence-electron chi connectivity index (χ1n) is 8.35. The Kier molecular flexibility index (Phi) is 5.64. The van der Waals surface area contributed by atoms with Crippen molar-refractivity contribution in [2.45, 2.75) is 18.7 Å². The van der Waals surface area contributed by atoms with E-state index in [0.29, 0.717) is 0 Å². The number of sulfonamides is 1. The van der Waals surface area contributed by atoms with Gasteiger partial charge in [0.2, 0.25) is 0 Å². The second-order valence-corrected chi connectivity index (χ2v) is 7.67. The van der Waals surface area contributed by atoms with Gasteiger partial charge in [-0.2, -0.15) is 9.97 Å². The van der Waals surface area contributed by atoms with Gasteiger partial charge in [0.1, 0.15) is 0 Å². The van der Waals surface area contributed by atoms with E-state index in [-0.39, 0.29) is 39.5 Å². The molecule has 3 aromatic rings. The van der Waals surface area contributed by atoms with Gasteiger partial charge in [0.25, 0.3) is 10.0 Å². The molecule has 10 heteroatoms. The molecule has 0 fully saturated rings. The Morgan fingerprint density at radius 3 is 2.17 bits per heavy atom. The maximum absolute atomic E-state index is 13.9. The summed E-state index contributed by atoms with van der Waals surface area (Å²) < 4.78 is 65.4. The predicted molar refractivity (Wildman–Crippen MR) is 102 cm³/mol. The van der Waals surface area contributed by atoms with Gasteiger partial charge in [-0.25, -0.2) is 17.2 Å². The molecule has 0 bridgehead atoms. The van der Waals surface area contributed by atoms with Crippen molar-refractivity contribution >= 4 is 15.7 Å². The molecule has 0 aliphatic rings. The first kappa shape index (κ1) is 20.5.